The van der Waals surface area contributed by atoms with E-state index in [4.69, 9.17) is 12.2 Å². The molecule has 1 unspecified atom stereocenters. The highest BCUT2D eigenvalue weighted by Crippen LogP contribution is 2.30. The van der Waals surface area contributed by atoms with E-state index in [2.05, 4.69) is 17.6 Å². The van der Waals surface area contributed by atoms with E-state index in [0.29, 0.717) is 6.04 Å². The van der Waals surface area contributed by atoms with Crippen LogP contribution in [0.15, 0.2) is 0 Å². The summed E-state index contributed by atoms with van der Waals surface area (Å²) in [7, 11) is 0. The standard InChI is InChI=1S/C11H20N2S/c1-2-6-9-10(14)13-11(12-9)7-4-3-5-8-11/h9,12H,2-8H2,1H3,(H,13,14). The van der Waals surface area contributed by atoms with Crippen LogP contribution in [0, 0.1) is 0 Å². The molecule has 1 aliphatic carbocycles. The van der Waals surface area contributed by atoms with Crippen LogP contribution in [-0.2, 0) is 0 Å². The second-order valence-corrected chi connectivity index (χ2v) is 5.06. The molecule has 1 heterocycles. The molecule has 2 N–H and O–H groups in total. The van der Waals surface area contributed by atoms with E-state index in [1.807, 2.05) is 0 Å². The molecule has 0 aromatic carbocycles. The summed E-state index contributed by atoms with van der Waals surface area (Å²) in [5, 5.41) is 7.23. The summed E-state index contributed by atoms with van der Waals surface area (Å²) in [6.07, 6.45) is 8.92. The van der Waals surface area contributed by atoms with E-state index in [1.54, 1.807) is 0 Å². The summed E-state index contributed by atoms with van der Waals surface area (Å²) in [5.74, 6) is 0. The van der Waals surface area contributed by atoms with Crippen molar-refractivity contribution in [3.05, 3.63) is 0 Å². The Balaban J connectivity index is 1.99. The fourth-order valence-electron chi connectivity index (χ4n) is 2.67. The second kappa shape index (κ2) is 4.15. The predicted octanol–water partition coefficient (Wildman–Crippen LogP) is 2.34. The molecule has 0 radical (unpaired) electrons. The van der Waals surface area contributed by atoms with Crippen LogP contribution in [0.1, 0.15) is 51.9 Å². The minimum atomic E-state index is 0.176. The van der Waals surface area contributed by atoms with Crippen LogP contribution in [-0.4, -0.2) is 16.7 Å². The molecule has 2 fully saturated rings. The average molecular weight is 212 g/mol. The number of hydrogen-bond acceptors (Lipinski definition) is 2. The van der Waals surface area contributed by atoms with Crippen LogP contribution < -0.4 is 10.6 Å². The summed E-state index contributed by atoms with van der Waals surface area (Å²) in [4.78, 5) is 1.05. The SMILES string of the molecule is CCCC1NC2(CCCCC2)NC1=S. The third-order valence-corrected chi connectivity index (χ3v) is 3.80. The van der Waals surface area contributed by atoms with Gasteiger partial charge in [0.25, 0.3) is 0 Å². The van der Waals surface area contributed by atoms with Gasteiger partial charge in [0.1, 0.15) is 0 Å². The van der Waals surface area contributed by atoms with Gasteiger partial charge in [0.15, 0.2) is 0 Å². The Morgan fingerprint density at radius 1 is 1.36 bits per heavy atom. The third-order valence-electron chi connectivity index (χ3n) is 3.41. The summed E-state index contributed by atoms with van der Waals surface area (Å²) in [6, 6.07) is 0.438. The normalized spacial score (nSPS) is 30.6. The molecular formula is C11H20N2S. The fraction of sp³-hybridized carbons (Fsp3) is 0.909. The zero-order valence-corrected chi connectivity index (χ0v) is 9.75. The van der Waals surface area contributed by atoms with Crippen molar-refractivity contribution in [1.82, 2.24) is 10.6 Å². The zero-order chi connectivity index (χ0) is 10.0. The van der Waals surface area contributed by atoms with Crippen molar-refractivity contribution in [3.63, 3.8) is 0 Å². The highest BCUT2D eigenvalue weighted by molar-refractivity contribution is 7.80. The predicted molar refractivity (Wildman–Crippen MR) is 63.4 cm³/mol. The molecule has 0 aromatic heterocycles. The first-order chi connectivity index (χ1) is 6.76. The topological polar surface area (TPSA) is 24.1 Å². The van der Waals surface area contributed by atoms with Crippen molar-refractivity contribution in [1.29, 1.82) is 0 Å². The molecule has 2 rings (SSSR count). The lowest BCUT2D eigenvalue weighted by molar-refractivity contribution is 0.229. The number of rotatable bonds is 2. The van der Waals surface area contributed by atoms with Gasteiger partial charge in [0.05, 0.1) is 16.7 Å². The fourth-order valence-corrected chi connectivity index (χ4v) is 3.05. The highest BCUT2D eigenvalue weighted by atomic mass is 32.1. The summed E-state index contributed by atoms with van der Waals surface area (Å²) in [5.41, 5.74) is 0.176. The Morgan fingerprint density at radius 3 is 2.71 bits per heavy atom. The quantitative estimate of drug-likeness (QED) is 0.687. The van der Waals surface area contributed by atoms with Crippen LogP contribution in [0.4, 0.5) is 0 Å². The maximum absolute atomic E-state index is 5.39. The molecule has 2 nitrogen and oxygen atoms in total. The first kappa shape index (κ1) is 10.4. The van der Waals surface area contributed by atoms with Crippen LogP contribution in [0.3, 0.4) is 0 Å². The molecule has 1 saturated heterocycles. The molecule has 3 heteroatoms. The lowest BCUT2D eigenvalue weighted by atomic mass is 9.89. The van der Waals surface area contributed by atoms with Gasteiger partial charge in [-0.2, -0.15) is 0 Å². The molecule has 1 aliphatic heterocycles. The van der Waals surface area contributed by atoms with E-state index in [-0.39, 0.29) is 5.66 Å². The molecule has 0 bridgehead atoms. The summed E-state index contributed by atoms with van der Waals surface area (Å²) in [6.45, 7) is 2.22. The smallest absolute Gasteiger partial charge is 0.0940 e. The molecule has 0 amide bonds. The van der Waals surface area contributed by atoms with Gasteiger partial charge in [0, 0.05) is 0 Å². The van der Waals surface area contributed by atoms with Gasteiger partial charge in [-0.3, -0.25) is 5.32 Å². The first-order valence-electron chi connectivity index (χ1n) is 5.85. The highest BCUT2D eigenvalue weighted by Gasteiger charge is 2.40. The van der Waals surface area contributed by atoms with Gasteiger partial charge in [-0.05, 0) is 32.1 Å². The lowest BCUT2D eigenvalue weighted by Crippen LogP contribution is -2.51. The number of nitrogens with one attached hydrogen (secondary N) is 2. The van der Waals surface area contributed by atoms with Gasteiger partial charge in [-0.15, -0.1) is 0 Å². The van der Waals surface area contributed by atoms with Gasteiger partial charge < -0.3 is 5.32 Å². The van der Waals surface area contributed by atoms with E-state index in [0.717, 1.165) is 4.99 Å². The Bertz CT molecular complexity index is 221. The molecule has 0 aromatic rings. The molecule has 80 valence electrons. The maximum atomic E-state index is 5.39. The summed E-state index contributed by atoms with van der Waals surface area (Å²) < 4.78 is 0. The average Bonchev–Trinajstić information content (AvgIpc) is 2.45. The summed E-state index contributed by atoms with van der Waals surface area (Å²) >= 11 is 5.39. The van der Waals surface area contributed by atoms with Gasteiger partial charge in [0.2, 0.25) is 0 Å². The minimum Gasteiger partial charge on any atom is -0.360 e. The molecule has 14 heavy (non-hydrogen) atoms. The van der Waals surface area contributed by atoms with Crippen molar-refractivity contribution in [2.24, 2.45) is 0 Å². The second-order valence-electron chi connectivity index (χ2n) is 4.62. The molecule has 2 aliphatic rings. The van der Waals surface area contributed by atoms with E-state index in [1.165, 1.54) is 44.9 Å². The van der Waals surface area contributed by atoms with Crippen molar-refractivity contribution in [2.75, 3.05) is 0 Å². The van der Waals surface area contributed by atoms with Gasteiger partial charge in [-0.25, -0.2) is 0 Å². The van der Waals surface area contributed by atoms with Crippen LogP contribution in [0.25, 0.3) is 0 Å². The molecule has 1 spiro atoms. The van der Waals surface area contributed by atoms with Crippen molar-refractivity contribution in [2.45, 2.75) is 63.6 Å². The maximum Gasteiger partial charge on any atom is 0.0940 e. The van der Waals surface area contributed by atoms with E-state index >= 15 is 0 Å². The number of hydrogen-bond donors (Lipinski definition) is 2. The number of thiocarbonyl (C=S) groups is 1. The molecule has 1 saturated carbocycles. The van der Waals surface area contributed by atoms with Gasteiger partial charge >= 0.3 is 0 Å². The minimum absolute atomic E-state index is 0.176. The van der Waals surface area contributed by atoms with Gasteiger partial charge in [-0.1, -0.05) is 32.0 Å². The molecular weight excluding hydrogens is 192 g/mol. The first-order valence-corrected chi connectivity index (χ1v) is 6.26. The lowest BCUT2D eigenvalue weighted by Gasteiger charge is -2.34. The Kier molecular flexibility index (Phi) is 3.07. The van der Waals surface area contributed by atoms with Crippen LogP contribution in [0.2, 0.25) is 0 Å². The molecule has 1 atom stereocenters. The van der Waals surface area contributed by atoms with E-state index in [9.17, 15) is 0 Å². The largest absolute Gasteiger partial charge is 0.360 e. The van der Waals surface area contributed by atoms with Crippen molar-refractivity contribution >= 4 is 17.2 Å². The zero-order valence-electron chi connectivity index (χ0n) is 8.94. The van der Waals surface area contributed by atoms with Crippen molar-refractivity contribution in [3.8, 4) is 0 Å². The van der Waals surface area contributed by atoms with Crippen molar-refractivity contribution < 1.29 is 0 Å². The Morgan fingerprint density at radius 2 is 2.07 bits per heavy atom. The third kappa shape index (κ3) is 1.94. The van der Waals surface area contributed by atoms with Crippen LogP contribution in [0.5, 0.6) is 0 Å². The monoisotopic (exact) mass is 212 g/mol. The van der Waals surface area contributed by atoms with Crippen LogP contribution >= 0.6 is 12.2 Å². The Hall–Kier alpha value is -0.150. The van der Waals surface area contributed by atoms with E-state index < -0.39 is 0 Å². The Labute approximate surface area is 91.8 Å².